The van der Waals surface area contributed by atoms with E-state index in [9.17, 15) is 9.59 Å². The Kier molecular flexibility index (Phi) is 7.09. The van der Waals surface area contributed by atoms with Crippen molar-refractivity contribution in [1.29, 1.82) is 0 Å². The quantitative estimate of drug-likeness (QED) is 0.730. The lowest BCUT2D eigenvalue weighted by Gasteiger charge is -2.14. The van der Waals surface area contributed by atoms with E-state index in [1.807, 2.05) is 63.2 Å². The van der Waals surface area contributed by atoms with Gasteiger partial charge in [0.05, 0.1) is 18.9 Å². The van der Waals surface area contributed by atoms with Crippen LogP contribution in [-0.4, -0.2) is 30.7 Å². The predicted molar refractivity (Wildman–Crippen MR) is 106 cm³/mol. The number of methoxy groups -OCH3 is 1. The van der Waals surface area contributed by atoms with E-state index in [-0.39, 0.29) is 23.6 Å². The van der Waals surface area contributed by atoms with Crippen molar-refractivity contribution in [2.45, 2.75) is 30.9 Å². The van der Waals surface area contributed by atoms with Gasteiger partial charge in [-0.15, -0.1) is 11.8 Å². The van der Waals surface area contributed by atoms with E-state index in [2.05, 4.69) is 10.6 Å². The number of aryl methyl sites for hydroxylation is 2. The van der Waals surface area contributed by atoms with Crippen molar-refractivity contribution in [3.8, 4) is 5.75 Å². The Bertz CT molecular complexity index is 755. The maximum atomic E-state index is 12.2. The molecule has 1 atom stereocenters. The van der Waals surface area contributed by atoms with Gasteiger partial charge in [-0.1, -0.05) is 18.2 Å². The van der Waals surface area contributed by atoms with Gasteiger partial charge < -0.3 is 15.4 Å². The largest absolute Gasteiger partial charge is 0.497 e. The second kappa shape index (κ2) is 9.29. The molecule has 6 heteroatoms. The highest BCUT2D eigenvalue weighted by molar-refractivity contribution is 8.00. The van der Waals surface area contributed by atoms with Crippen LogP contribution in [0.1, 0.15) is 18.1 Å². The van der Waals surface area contributed by atoms with Gasteiger partial charge in [-0.05, 0) is 56.2 Å². The molecule has 0 saturated heterocycles. The molecule has 2 aromatic rings. The molecule has 0 spiro atoms. The molecule has 0 fully saturated rings. The number of anilines is 1. The van der Waals surface area contributed by atoms with Gasteiger partial charge in [-0.3, -0.25) is 9.59 Å². The average molecular weight is 372 g/mol. The number of rotatable bonds is 7. The third-order valence-corrected chi connectivity index (χ3v) is 5.02. The van der Waals surface area contributed by atoms with Crippen LogP contribution in [0.3, 0.4) is 0 Å². The maximum absolute atomic E-state index is 12.2. The molecule has 5 nitrogen and oxygen atoms in total. The summed E-state index contributed by atoms with van der Waals surface area (Å²) in [4.78, 5) is 25.3. The number of thioether (sulfide) groups is 1. The van der Waals surface area contributed by atoms with Gasteiger partial charge in [-0.2, -0.15) is 0 Å². The smallest absolute Gasteiger partial charge is 0.243 e. The number of hydrogen-bond acceptors (Lipinski definition) is 4. The zero-order valence-corrected chi connectivity index (χ0v) is 16.3. The van der Waals surface area contributed by atoms with Crippen molar-refractivity contribution in [3.05, 3.63) is 53.6 Å². The highest BCUT2D eigenvalue weighted by atomic mass is 32.2. The molecule has 0 heterocycles. The fourth-order valence-corrected chi connectivity index (χ4v) is 3.31. The number of carbonyl (C=O) groups excluding carboxylic acids is 2. The van der Waals surface area contributed by atoms with Crippen LogP contribution < -0.4 is 15.4 Å². The first-order valence-corrected chi connectivity index (χ1v) is 9.23. The number of para-hydroxylation sites is 1. The van der Waals surface area contributed by atoms with Crippen LogP contribution in [0.2, 0.25) is 0 Å². The summed E-state index contributed by atoms with van der Waals surface area (Å²) in [6.45, 7) is 5.64. The summed E-state index contributed by atoms with van der Waals surface area (Å²) in [6, 6.07) is 13.3. The fourth-order valence-electron chi connectivity index (χ4n) is 2.42. The summed E-state index contributed by atoms with van der Waals surface area (Å²) in [7, 11) is 1.61. The Hall–Kier alpha value is -2.47. The van der Waals surface area contributed by atoms with E-state index in [4.69, 9.17) is 4.74 Å². The van der Waals surface area contributed by atoms with Crippen LogP contribution in [0.15, 0.2) is 47.4 Å². The molecular weight excluding hydrogens is 348 g/mol. The number of hydrogen-bond donors (Lipinski definition) is 2. The first-order chi connectivity index (χ1) is 12.4. The summed E-state index contributed by atoms with van der Waals surface area (Å²) in [6.07, 6.45) is 0. The molecule has 1 unspecified atom stereocenters. The zero-order valence-electron chi connectivity index (χ0n) is 15.5. The van der Waals surface area contributed by atoms with Crippen molar-refractivity contribution >= 4 is 29.3 Å². The van der Waals surface area contributed by atoms with Crippen molar-refractivity contribution in [2.75, 3.05) is 19.0 Å². The van der Waals surface area contributed by atoms with Crippen LogP contribution in [-0.2, 0) is 9.59 Å². The molecular formula is C20H24N2O3S. The summed E-state index contributed by atoms with van der Waals surface area (Å²) in [5, 5.41) is 5.24. The summed E-state index contributed by atoms with van der Waals surface area (Å²) >= 11 is 1.43. The molecule has 0 aliphatic heterocycles. The molecule has 2 amide bonds. The molecule has 0 bridgehead atoms. The highest BCUT2D eigenvalue weighted by Gasteiger charge is 2.16. The summed E-state index contributed by atoms with van der Waals surface area (Å²) < 4.78 is 5.12. The lowest BCUT2D eigenvalue weighted by molar-refractivity contribution is -0.123. The van der Waals surface area contributed by atoms with Gasteiger partial charge in [0, 0.05) is 10.6 Å². The van der Waals surface area contributed by atoms with Crippen LogP contribution >= 0.6 is 11.8 Å². The molecule has 0 aliphatic carbocycles. The van der Waals surface area contributed by atoms with Gasteiger partial charge in [0.25, 0.3) is 0 Å². The molecule has 2 rings (SSSR count). The minimum atomic E-state index is -0.309. The van der Waals surface area contributed by atoms with E-state index in [0.717, 1.165) is 27.5 Å². The molecule has 2 N–H and O–H groups in total. The van der Waals surface area contributed by atoms with Gasteiger partial charge >= 0.3 is 0 Å². The van der Waals surface area contributed by atoms with Gasteiger partial charge in [-0.25, -0.2) is 0 Å². The Morgan fingerprint density at radius 1 is 1.08 bits per heavy atom. The summed E-state index contributed by atoms with van der Waals surface area (Å²) in [5.41, 5.74) is 2.79. The third-order valence-electron chi connectivity index (χ3n) is 3.91. The molecule has 0 radical (unpaired) electrons. The lowest BCUT2D eigenvalue weighted by atomic mass is 10.1. The van der Waals surface area contributed by atoms with Gasteiger partial charge in [0.15, 0.2) is 0 Å². The van der Waals surface area contributed by atoms with E-state index >= 15 is 0 Å². The van der Waals surface area contributed by atoms with E-state index < -0.39 is 0 Å². The molecule has 0 aromatic heterocycles. The van der Waals surface area contributed by atoms with E-state index in [1.165, 1.54) is 11.8 Å². The van der Waals surface area contributed by atoms with Crippen LogP contribution in [0.5, 0.6) is 5.75 Å². The number of carbonyl (C=O) groups is 2. The third kappa shape index (κ3) is 5.52. The topological polar surface area (TPSA) is 67.4 Å². The number of nitrogens with one attached hydrogen (secondary N) is 2. The SMILES string of the molecule is COc1ccc(SC(C)C(=O)NCC(=O)Nc2c(C)cccc2C)cc1. The predicted octanol–water partition coefficient (Wildman–Crippen LogP) is 3.55. The number of amides is 2. The second-order valence-electron chi connectivity index (χ2n) is 5.97. The maximum Gasteiger partial charge on any atom is 0.243 e. The fraction of sp³-hybridized carbons (Fsp3) is 0.300. The van der Waals surface area contributed by atoms with Crippen molar-refractivity contribution < 1.29 is 14.3 Å². The second-order valence-corrected chi connectivity index (χ2v) is 7.38. The normalized spacial score (nSPS) is 11.5. The average Bonchev–Trinajstić information content (AvgIpc) is 2.63. The van der Waals surface area contributed by atoms with E-state index in [0.29, 0.717) is 0 Å². The first-order valence-electron chi connectivity index (χ1n) is 8.35. The van der Waals surface area contributed by atoms with Crippen molar-refractivity contribution in [2.24, 2.45) is 0 Å². The number of ether oxygens (including phenoxy) is 1. The Morgan fingerprint density at radius 3 is 2.27 bits per heavy atom. The number of benzene rings is 2. The highest BCUT2D eigenvalue weighted by Crippen LogP contribution is 2.25. The molecule has 0 aliphatic rings. The first kappa shape index (κ1) is 19.8. The van der Waals surface area contributed by atoms with Crippen molar-refractivity contribution in [3.63, 3.8) is 0 Å². The molecule has 2 aromatic carbocycles. The monoisotopic (exact) mass is 372 g/mol. The minimum absolute atomic E-state index is 0.0554. The van der Waals surface area contributed by atoms with Crippen LogP contribution in [0.25, 0.3) is 0 Å². The van der Waals surface area contributed by atoms with Crippen LogP contribution in [0, 0.1) is 13.8 Å². The Balaban J connectivity index is 1.83. The Labute approximate surface area is 158 Å². The zero-order chi connectivity index (χ0) is 19.1. The van der Waals surface area contributed by atoms with Crippen molar-refractivity contribution in [1.82, 2.24) is 5.32 Å². The Morgan fingerprint density at radius 2 is 1.69 bits per heavy atom. The molecule has 138 valence electrons. The van der Waals surface area contributed by atoms with E-state index in [1.54, 1.807) is 7.11 Å². The van der Waals surface area contributed by atoms with Gasteiger partial charge in [0.1, 0.15) is 5.75 Å². The lowest BCUT2D eigenvalue weighted by Crippen LogP contribution is -2.37. The molecule has 0 saturated carbocycles. The molecule has 26 heavy (non-hydrogen) atoms. The standard InChI is InChI=1S/C20H24N2O3S/c1-13-6-5-7-14(2)19(13)22-18(23)12-21-20(24)15(3)26-17-10-8-16(25-4)9-11-17/h5-11,15H,12H2,1-4H3,(H,21,24)(H,22,23). The van der Waals surface area contributed by atoms with Gasteiger partial charge in [0.2, 0.25) is 11.8 Å². The summed E-state index contributed by atoms with van der Waals surface area (Å²) in [5.74, 6) is 0.356. The van der Waals surface area contributed by atoms with Crippen LogP contribution in [0.4, 0.5) is 5.69 Å². The minimum Gasteiger partial charge on any atom is -0.497 e.